The molecule has 0 aliphatic carbocycles. The maximum Gasteiger partial charge on any atom is 0.232 e. The van der Waals surface area contributed by atoms with E-state index in [1.807, 2.05) is 48.5 Å². The van der Waals surface area contributed by atoms with E-state index in [0.717, 1.165) is 36.3 Å². The number of hydrogen-bond acceptors (Lipinski definition) is 10. The fourth-order valence-electron chi connectivity index (χ4n) is 5.17. The van der Waals surface area contributed by atoms with E-state index < -0.39 is 0 Å². The summed E-state index contributed by atoms with van der Waals surface area (Å²) in [5.41, 5.74) is 3.73. The lowest BCUT2D eigenvalue weighted by atomic mass is 10.2. The van der Waals surface area contributed by atoms with Gasteiger partial charge >= 0.3 is 0 Å². The van der Waals surface area contributed by atoms with Crippen LogP contribution in [0.3, 0.4) is 0 Å². The number of rotatable bonds is 8. The van der Waals surface area contributed by atoms with Crippen molar-refractivity contribution in [2.75, 3.05) is 62.8 Å². The predicted molar refractivity (Wildman–Crippen MR) is 156 cm³/mol. The van der Waals surface area contributed by atoms with Crippen molar-refractivity contribution in [3.8, 4) is 17.1 Å². The molecule has 6 heterocycles. The molecule has 0 radical (unpaired) electrons. The van der Waals surface area contributed by atoms with E-state index >= 15 is 0 Å². The number of pyridine rings is 1. The van der Waals surface area contributed by atoms with E-state index in [2.05, 4.69) is 30.3 Å². The van der Waals surface area contributed by atoms with Crippen molar-refractivity contribution in [1.29, 1.82) is 0 Å². The van der Waals surface area contributed by atoms with Crippen LogP contribution in [0.2, 0.25) is 0 Å². The summed E-state index contributed by atoms with van der Waals surface area (Å²) in [6, 6.07) is 15.8. The number of likely N-dealkylation sites (tertiary alicyclic amines) is 1. The number of morpholine rings is 1. The number of nitrogens with one attached hydrogen (secondary N) is 2. The third-order valence-electron chi connectivity index (χ3n) is 7.21. The zero-order valence-corrected chi connectivity index (χ0v) is 22.8. The molecule has 208 valence electrons. The molecule has 0 spiro atoms. The number of furan rings is 1. The van der Waals surface area contributed by atoms with Crippen LogP contribution in [0, 0.1) is 0 Å². The Bertz CT molecular complexity index is 1580. The molecule has 11 nitrogen and oxygen atoms in total. The Balaban J connectivity index is 0.00000289. The monoisotopic (exact) mass is 562 g/mol. The highest BCUT2D eigenvalue weighted by Gasteiger charge is 2.23. The van der Waals surface area contributed by atoms with Crippen molar-refractivity contribution in [3.63, 3.8) is 0 Å². The van der Waals surface area contributed by atoms with Crippen molar-refractivity contribution in [3.05, 3.63) is 48.5 Å². The Morgan fingerprint density at radius 1 is 0.950 bits per heavy atom. The summed E-state index contributed by atoms with van der Waals surface area (Å²) in [7, 11) is 0. The Hall–Kier alpha value is -3.93. The van der Waals surface area contributed by atoms with Gasteiger partial charge in [0.25, 0.3) is 0 Å². The number of ether oxygens (including phenoxy) is 2. The van der Waals surface area contributed by atoms with E-state index in [9.17, 15) is 0 Å². The number of fused-ring (bicyclic) bond motifs is 3. The van der Waals surface area contributed by atoms with Gasteiger partial charge in [0.15, 0.2) is 17.2 Å². The van der Waals surface area contributed by atoms with Crippen LogP contribution in [-0.2, 0) is 4.74 Å². The summed E-state index contributed by atoms with van der Waals surface area (Å²) in [6.07, 6.45) is 2.53. The van der Waals surface area contributed by atoms with Gasteiger partial charge in [-0.2, -0.15) is 15.1 Å². The second-order valence-electron chi connectivity index (χ2n) is 9.81. The normalized spacial score (nSPS) is 15.9. The van der Waals surface area contributed by atoms with Crippen LogP contribution in [0.5, 0.6) is 5.88 Å². The first kappa shape index (κ1) is 26.3. The van der Waals surface area contributed by atoms with Crippen LogP contribution in [0.15, 0.2) is 52.9 Å². The molecule has 2 aliphatic rings. The highest BCUT2D eigenvalue weighted by Crippen LogP contribution is 2.35. The predicted octanol–water partition coefficient (Wildman–Crippen LogP) is 4.64. The first-order chi connectivity index (χ1) is 19.3. The third kappa shape index (κ3) is 5.40. The van der Waals surface area contributed by atoms with Crippen molar-refractivity contribution < 1.29 is 13.9 Å². The standard InChI is InChI=1S/C28H30N8O3.ClH/c1-2-6-19(7-3-1)21-18-22(34-33-21)29-28-31-24-20-8-9-23(38-17-12-35-10-4-5-11-35)30-27(20)39-25(24)26(32-28)36-13-15-37-16-14-36;/h1-3,6-9,18H,4-5,10-17H2,(H2,29,31,32,33,34);1H. The molecule has 0 unspecified atom stereocenters. The summed E-state index contributed by atoms with van der Waals surface area (Å²) >= 11 is 0. The maximum atomic E-state index is 6.27. The number of benzene rings is 1. The van der Waals surface area contributed by atoms with Crippen LogP contribution < -0.4 is 15.0 Å². The van der Waals surface area contributed by atoms with Gasteiger partial charge in [-0.1, -0.05) is 30.3 Å². The molecule has 0 amide bonds. The Morgan fingerprint density at radius 3 is 2.60 bits per heavy atom. The summed E-state index contributed by atoms with van der Waals surface area (Å²) in [5.74, 6) is 2.31. The smallest absolute Gasteiger partial charge is 0.232 e. The van der Waals surface area contributed by atoms with Gasteiger partial charge in [0.05, 0.1) is 24.3 Å². The molecule has 5 aromatic rings. The number of nitrogens with zero attached hydrogens (tertiary/aromatic N) is 6. The number of anilines is 3. The number of aromatic amines is 1. The lowest BCUT2D eigenvalue weighted by Gasteiger charge is -2.27. The van der Waals surface area contributed by atoms with E-state index in [4.69, 9.17) is 23.9 Å². The van der Waals surface area contributed by atoms with Crippen molar-refractivity contribution >= 4 is 52.2 Å². The molecule has 2 N–H and O–H groups in total. The highest BCUT2D eigenvalue weighted by molar-refractivity contribution is 6.05. The Morgan fingerprint density at radius 2 is 1.77 bits per heavy atom. The quantitative estimate of drug-likeness (QED) is 0.277. The van der Waals surface area contributed by atoms with E-state index in [-0.39, 0.29) is 12.4 Å². The second-order valence-corrected chi connectivity index (χ2v) is 9.81. The minimum absolute atomic E-state index is 0. The average molecular weight is 563 g/mol. The molecule has 40 heavy (non-hydrogen) atoms. The first-order valence-corrected chi connectivity index (χ1v) is 13.5. The Labute approximate surface area is 237 Å². The molecule has 7 rings (SSSR count). The highest BCUT2D eigenvalue weighted by atomic mass is 35.5. The van der Waals surface area contributed by atoms with Crippen LogP contribution in [-0.4, -0.2) is 82.6 Å². The lowest BCUT2D eigenvalue weighted by molar-refractivity contribution is 0.122. The molecule has 0 atom stereocenters. The average Bonchev–Trinajstić information content (AvgIpc) is 3.74. The van der Waals surface area contributed by atoms with Gasteiger partial charge in [0.2, 0.25) is 17.5 Å². The SMILES string of the molecule is Cl.c1ccc(-c2cc(Nc3nc(N4CCOCC4)c4oc5nc(OCCN6CCCC6)ccc5c4n3)n[nH]2)cc1. The molecule has 0 saturated carbocycles. The van der Waals surface area contributed by atoms with Gasteiger partial charge in [-0.3, -0.25) is 10.00 Å². The van der Waals surface area contributed by atoms with Crippen LogP contribution in [0.1, 0.15) is 12.8 Å². The van der Waals surface area contributed by atoms with Crippen molar-refractivity contribution in [2.45, 2.75) is 12.8 Å². The topological polar surface area (TPSA) is 117 Å². The molecule has 2 saturated heterocycles. The van der Waals surface area contributed by atoms with Crippen molar-refractivity contribution in [2.24, 2.45) is 0 Å². The van der Waals surface area contributed by atoms with E-state index in [0.29, 0.717) is 73.2 Å². The molecular formula is C28H31ClN8O3. The number of halogens is 1. The molecule has 12 heteroatoms. The first-order valence-electron chi connectivity index (χ1n) is 13.5. The lowest BCUT2D eigenvalue weighted by Crippen LogP contribution is -2.37. The zero-order chi connectivity index (χ0) is 26.0. The fraction of sp³-hybridized carbons (Fsp3) is 0.357. The largest absolute Gasteiger partial charge is 0.476 e. The van der Waals surface area contributed by atoms with Crippen LogP contribution in [0.25, 0.3) is 33.5 Å². The van der Waals surface area contributed by atoms with Crippen LogP contribution >= 0.6 is 12.4 Å². The zero-order valence-electron chi connectivity index (χ0n) is 22.0. The minimum Gasteiger partial charge on any atom is -0.476 e. The molecule has 1 aromatic carbocycles. The summed E-state index contributed by atoms with van der Waals surface area (Å²) in [6.45, 7) is 6.46. The summed E-state index contributed by atoms with van der Waals surface area (Å²) < 4.78 is 17.8. The molecule has 2 aliphatic heterocycles. The van der Waals surface area contributed by atoms with Crippen LogP contribution in [0.4, 0.5) is 17.6 Å². The number of aromatic nitrogens is 5. The second kappa shape index (κ2) is 11.7. The van der Waals surface area contributed by atoms with Gasteiger partial charge in [0, 0.05) is 31.8 Å². The molecular weight excluding hydrogens is 532 g/mol. The fourth-order valence-corrected chi connectivity index (χ4v) is 5.17. The summed E-state index contributed by atoms with van der Waals surface area (Å²) in [5, 5.41) is 11.6. The van der Waals surface area contributed by atoms with Gasteiger partial charge < -0.3 is 24.1 Å². The minimum atomic E-state index is 0. The van der Waals surface area contributed by atoms with Gasteiger partial charge in [-0.15, -0.1) is 12.4 Å². The summed E-state index contributed by atoms with van der Waals surface area (Å²) in [4.78, 5) is 18.9. The molecule has 4 aromatic heterocycles. The number of H-pyrrole nitrogens is 1. The van der Waals surface area contributed by atoms with Gasteiger partial charge in [0.1, 0.15) is 12.1 Å². The maximum absolute atomic E-state index is 6.27. The van der Waals surface area contributed by atoms with Gasteiger partial charge in [-0.25, -0.2) is 4.98 Å². The van der Waals surface area contributed by atoms with E-state index in [1.165, 1.54) is 12.8 Å². The van der Waals surface area contributed by atoms with E-state index in [1.54, 1.807) is 0 Å². The molecule has 2 fully saturated rings. The number of hydrogen-bond donors (Lipinski definition) is 2. The molecule has 0 bridgehead atoms. The van der Waals surface area contributed by atoms with Crippen molar-refractivity contribution in [1.82, 2.24) is 30.0 Å². The van der Waals surface area contributed by atoms with Gasteiger partial charge in [-0.05, 0) is 37.6 Å². The Kier molecular flexibility index (Phi) is 7.67. The third-order valence-corrected chi connectivity index (χ3v) is 7.21.